The molecule has 0 bridgehead atoms. The van der Waals surface area contributed by atoms with Crippen LogP contribution < -0.4 is 4.74 Å². The predicted molar refractivity (Wildman–Crippen MR) is 113 cm³/mol. The number of benzene rings is 3. The third-order valence-electron chi connectivity index (χ3n) is 4.56. The Balaban J connectivity index is 1.72. The summed E-state index contributed by atoms with van der Waals surface area (Å²) in [6.45, 7) is 2.72. The minimum Gasteiger partial charge on any atom is -0.493 e. The number of fused-ring (bicyclic) bond motifs is 1. The van der Waals surface area contributed by atoms with Crippen LogP contribution in [0.3, 0.4) is 0 Å². The average molecular weight is 389 g/mol. The van der Waals surface area contributed by atoms with E-state index < -0.39 is 0 Å². The van der Waals surface area contributed by atoms with E-state index in [4.69, 9.17) is 4.74 Å². The molecule has 1 fully saturated rings. The molecule has 1 heterocycles. The zero-order chi connectivity index (χ0) is 19.5. The number of hydrogen-bond donors (Lipinski definition) is 0. The zero-order valence-electron chi connectivity index (χ0n) is 15.4. The molecule has 0 unspecified atom stereocenters. The Hall–Kier alpha value is -3.05. The van der Waals surface area contributed by atoms with Crippen molar-refractivity contribution in [3.63, 3.8) is 0 Å². The lowest BCUT2D eigenvalue weighted by molar-refractivity contribution is -0.123. The van der Waals surface area contributed by atoms with Crippen LogP contribution in [-0.4, -0.2) is 22.7 Å². The predicted octanol–water partition coefficient (Wildman–Crippen LogP) is 5.48. The van der Waals surface area contributed by atoms with Gasteiger partial charge in [-0.3, -0.25) is 14.5 Å². The number of carbonyl (C=O) groups excluding carboxylic acids is 2. The van der Waals surface area contributed by atoms with Crippen LogP contribution >= 0.6 is 11.8 Å². The second kappa shape index (κ2) is 7.90. The van der Waals surface area contributed by atoms with Crippen LogP contribution in [0.25, 0.3) is 16.8 Å². The molecule has 5 heteroatoms. The Bertz CT molecular complexity index is 1080. The van der Waals surface area contributed by atoms with Gasteiger partial charge in [-0.25, -0.2) is 0 Å². The fraction of sp³-hybridized carbons (Fsp3) is 0.130. The molecule has 4 rings (SSSR count). The first-order valence-electron chi connectivity index (χ1n) is 9.11. The van der Waals surface area contributed by atoms with Crippen molar-refractivity contribution >= 4 is 39.8 Å². The van der Waals surface area contributed by atoms with Crippen molar-refractivity contribution in [1.29, 1.82) is 0 Å². The van der Waals surface area contributed by atoms with Crippen LogP contribution in [0.2, 0.25) is 0 Å². The van der Waals surface area contributed by atoms with E-state index in [1.165, 1.54) is 4.90 Å². The highest BCUT2D eigenvalue weighted by molar-refractivity contribution is 8.18. The summed E-state index contributed by atoms with van der Waals surface area (Å²) in [5.41, 5.74) is 1.75. The van der Waals surface area contributed by atoms with E-state index in [0.29, 0.717) is 17.3 Å². The molecule has 0 atom stereocenters. The number of amides is 2. The number of carbonyl (C=O) groups is 2. The van der Waals surface area contributed by atoms with Crippen LogP contribution in [0.4, 0.5) is 4.79 Å². The van der Waals surface area contributed by atoms with Crippen molar-refractivity contribution < 1.29 is 14.3 Å². The molecule has 1 aliphatic rings. The Morgan fingerprint density at radius 1 is 0.964 bits per heavy atom. The largest absolute Gasteiger partial charge is 0.493 e. The monoisotopic (exact) mass is 389 g/mol. The number of rotatable bonds is 5. The third-order valence-corrected chi connectivity index (χ3v) is 5.47. The molecule has 140 valence electrons. The van der Waals surface area contributed by atoms with E-state index in [1.807, 2.05) is 73.7 Å². The molecule has 0 aromatic heterocycles. The average Bonchev–Trinajstić information content (AvgIpc) is 2.98. The van der Waals surface area contributed by atoms with Crippen LogP contribution in [-0.2, 0) is 11.3 Å². The topological polar surface area (TPSA) is 46.6 Å². The number of hydrogen-bond acceptors (Lipinski definition) is 4. The second-order valence-corrected chi connectivity index (χ2v) is 7.38. The summed E-state index contributed by atoms with van der Waals surface area (Å²) in [5.74, 6) is 0.435. The van der Waals surface area contributed by atoms with Crippen molar-refractivity contribution in [2.24, 2.45) is 0 Å². The van der Waals surface area contributed by atoms with Gasteiger partial charge in [0, 0.05) is 5.56 Å². The Morgan fingerprint density at radius 3 is 2.50 bits per heavy atom. The highest BCUT2D eigenvalue weighted by Gasteiger charge is 2.35. The lowest BCUT2D eigenvalue weighted by atomic mass is 10.0. The molecule has 1 saturated heterocycles. The molecule has 3 aromatic carbocycles. The third kappa shape index (κ3) is 3.53. The van der Waals surface area contributed by atoms with E-state index in [2.05, 4.69) is 0 Å². The summed E-state index contributed by atoms with van der Waals surface area (Å²) in [7, 11) is 0. The molecular formula is C23H19NO3S. The molecule has 3 aromatic rings. The van der Waals surface area contributed by atoms with Crippen LogP contribution in [0.1, 0.15) is 18.1 Å². The van der Waals surface area contributed by atoms with Crippen LogP contribution in [0.5, 0.6) is 5.75 Å². The molecule has 1 aliphatic heterocycles. The smallest absolute Gasteiger partial charge is 0.293 e. The SMILES string of the molecule is CCOc1ccc2ccccc2c1/C=C1/SC(=O)N(Cc2ccccc2)C1=O. The van der Waals surface area contributed by atoms with Gasteiger partial charge in [-0.05, 0) is 47.2 Å². The fourth-order valence-corrected chi connectivity index (χ4v) is 4.06. The Morgan fingerprint density at radius 2 is 1.71 bits per heavy atom. The van der Waals surface area contributed by atoms with Gasteiger partial charge in [-0.15, -0.1) is 0 Å². The number of ether oxygens (including phenoxy) is 1. The zero-order valence-corrected chi connectivity index (χ0v) is 16.2. The fourth-order valence-electron chi connectivity index (χ4n) is 3.24. The molecular weight excluding hydrogens is 370 g/mol. The van der Waals surface area contributed by atoms with Gasteiger partial charge in [0.15, 0.2) is 0 Å². The summed E-state index contributed by atoms with van der Waals surface area (Å²) in [6.07, 6.45) is 1.78. The summed E-state index contributed by atoms with van der Waals surface area (Å²) < 4.78 is 5.78. The maximum Gasteiger partial charge on any atom is 0.293 e. The van der Waals surface area contributed by atoms with Gasteiger partial charge in [-0.1, -0.05) is 60.7 Å². The summed E-state index contributed by atoms with van der Waals surface area (Å²) in [4.78, 5) is 27.1. The summed E-state index contributed by atoms with van der Waals surface area (Å²) in [6, 6.07) is 21.4. The first kappa shape index (κ1) is 18.3. The van der Waals surface area contributed by atoms with Gasteiger partial charge in [0.25, 0.3) is 11.1 Å². The van der Waals surface area contributed by atoms with E-state index in [1.54, 1.807) is 6.08 Å². The Kier molecular flexibility index (Phi) is 5.17. The molecule has 0 N–H and O–H groups in total. The van der Waals surface area contributed by atoms with Gasteiger partial charge in [0.1, 0.15) is 5.75 Å². The number of imide groups is 1. The maximum atomic E-state index is 12.9. The molecule has 0 radical (unpaired) electrons. The molecule has 0 saturated carbocycles. The van der Waals surface area contributed by atoms with E-state index >= 15 is 0 Å². The molecule has 0 aliphatic carbocycles. The normalized spacial score (nSPS) is 15.6. The molecule has 4 nitrogen and oxygen atoms in total. The Labute approximate surface area is 167 Å². The van der Waals surface area contributed by atoms with Crippen molar-refractivity contribution in [2.45, 2.75) is 13.5 Å². The lowest BCUT2D eigenvalue weighted by Gasteiger charge is -2.13. The van der Waals surface area contributed by atoms with Crippen LogP contribution in [0, 0.1) is 0 Å². The van der Waals surface area contributed by atoms with Crippen molar-refractivity contribution in [3.8, 4) is 5.75 Å². The number of nitrogens with zero attached hydrogens (tertiary/aromatic N) is 1. The maximum absolute atomic E-state index is 12.9. The lowest BCUT2D eigenvalue weighted by Crippen LogP contribution is -2.27. The van der Waals surface area contributed by atoms with Gasteiger partial charge in [-0.2, -0.15) is 0 Å². The first-order chi connectivity index (χ1) is 13.7. The van der Waals surface area contributed by atoms with Crippen molar-refractivity contribution in [3.05, 3.63) is 82.8 Å². The van der Waals surface area contributed by atoms with E-state index in [0.717, 1.165) is 33.7 Å². The second-order valence-electron chi connectivity index (χ2n) is 6.38. The van der Waals surface area contributed by atoms with E-state index in [-0.39, 0.29) is 17.7 Å². The molecule has 28 heavy (non-hydrogen) atoms. The van der Waals surface area contributed by atoms with Crippen molar-refractivity contribution in [1.82, 2.24) is 4.90 Å². The minimum absolute atomic E-state index is 0.252. The summed E-state index contributed by atoms with van der Waals surface area (Å²) in [5, 5.41) is 1.79. The van der Waals surface area contributed by atoms with Gasteiger partial charge < -0.3 is 4.74 Å². The molecule has 0 spiro atoms. The number of thioether (sulfide) groups is 1. The van der Waals surface area contributed by atoms with Gasteiger partial charge in [0.2, 0.25) is 0 Å². The van der Waals surface area contributed by atoms with Gasteiger partial charge >= 0.3 is 0 Å². The van der Waals surface area contributed by atoms with E-state index in [9.17, 15) is 9.59 Å². The van der Waals surface area contributed by atoms with Crippen LogP contribution in [0.15, 0.2) is 71.6 Å². The molecule has 2 amide bonds. The van der Waals surface area contributed by atoms with Crippen molar-refractivity contribution in [2.75, 3.05) is 6.61 Å². The standard InChI is InChI=1S/C23H19NO3S/c1-2-27-20-13-12-17-10-6-7-11-18(17)19(20)14-21-22(25)24(23(26)28-21)15-16-8-4-3-5-9-16/h3-14H,2,15H2,1H3/b21-14+. The summed E-state index contributed by atoms with van der Waals surface area (Å²) >= 11 is 0.974. The minimum atomic E-state index is -0.269. The first-order valence-corrected chi connectivity index (χ1v) is 9.93. The quantitative estimate of drug-likeness (QED) is 0.543. The highest BCUT2D eigenvalue weighted by atomic mass is 32.2. The van der Waals surface area contributed by atoms with Gasteiger partial charge in [0.05, 0.1) is 18.1 Å². The highest BCUT2D eigenvalue weighted by Crippen LogP contribution is 2.37.